The summed E-state index contributed by atoms with van der Waals surface area (Å²) in [7, 11) is 5.38. The molecule has 0 aromatic heterocycles. The smallest absolute Gasteiger partial charge is 0.306 e. The molecule has 0 bridgehead atoms. The lowest BCUT2D eigenvalue weighted by Crippen LogP contribution is -2.55. The van der Waals surface area contributed by atoms with Gasteiger partial charge in [-0.2, -0.15) is 0 Å². The van der Waals surface area contributed by atoms with Crippen LogP contribution in [0.3, 0.4) is 0 Å². The minimum absolute atomic E-state index is 0.00811. The second-order valence-electron chi connectivity index (χ2n) is 17.6. The fraction of sp³-hybridized carbons (Fsp3) is 0.576. The normalized spacial score (nSPS) is 14.0. The molecule has 0 N–H and O–H groups in total. The maximum Gasteiger partial charge on any atom is 0.306 e. The summed E-state index contributed by atoms with van der Waals surface area (Å²) in [4.78, 5) is 37.0. The van der Waals surface area contributed by atoms with Crippen molar-refractivity contribution < 1.29 is 38.2 Å². The van der Waals surface area contributed by atoms with Crippen LogP contribution >= 0.6 is 0 Å². The Hall–Kier alpha value is -4.53. The molecular weight excluding hydrogens is 835 g/mol. The van der Waals surface area contributed by atoms with Crippen LogP contribution in [-0.2, 0) is 28.6 Å². The summed E-state index contributed by atoms with van der Waals surface area (Å²) >= 11 is 0. The maximum absolute atomic E-state index is 12.8. The Morgan fingerprint density at radius 3 is 1.21 bits per heavy atom. The van der Waals surface area contributed by atoms with Gasteiger partial charge in [-0.15, -0.1) is 0 Å². The summed E-state index contributed by atoms with van der Waals surface area (Å²) in [5.74, 6) is -1.84. The van der Waals surface area contributed by atoms with Gasteiger partial charge in [-0.1, -0.05) is 180 Å². The number of quaternary nitrogens is 1. The number of carboxylic acids is 1. The summed E-state index contributed by atoms with van der Waals surface area (Å²) in [6.07, 6.45) is 69.2. The standard InChI is InChI=1S/C59H93NO7/c1-6-8-10-12-14-16-18-20-22-24-26-28-29-30-32-33-35-37-39-41-43-45-47-49-57(61)66-54-55(53-65-52-51-56(59(63)64)60(3,4)5)67-58(62)50-48-46-44-42-40-38-36-34-31-27-25-23-21-19-17-15-13-11-9-7-2/h8-11,14-17,20-23,26-28,30-32,35,37,41,43,55-56H,6-7,12-13,18-19,24-25,29,33-34,36,38-40,42,44-54H2,1-5H3/b10-8+,11-9+,16-14+,17-15+,22-20+,23-21+,28-26+,31-27+,32-30+,37-35+,43-41+. The minimum atomic E-state index is -1.14. The maximum atomic E-state index is 12.8. The first-order valence-electron chi connectivity index (χ1n) is 25.7. The molecule has 0 saturated carbocycles. The van der Waals surface area contributed by atoms with E-state index in [0.29, 0.717) is 6.42 Å². The van der Waals surface area contributed by atoms with Crippen molar-refractivity contribution in [2.45, 2.75) is 180 Å². The molecule has 8 heteroatoms. The summed E-state index contributed by atoms with van der Waals surface area (Å²) in [5, 5.41) is 11.7. The Labute approximate surface area is 409 Å². The highest BCUT2D eigenvalue weighted by Gasteiger charge is 2.25. The molecule has 0 amide bonds. The molecular formula is C59H93NO7. The average Bonchev–Trinajstić information content (AvgIpc) is 3.29. The van der Waals surface area contributed by atoms with Crippen LogP contribution in [-0.4, -0.2) is 75.5 Å². The number of unbranched alkanes of at least 4 members (excludes halogenated alkanes) is 8. The largest absolute Gasteiger partial charge is 0.544 e. The van der Waals surface area contributed by atoms with Crippen molar-refractivity contribution in [3.05, 3.63) is 134 Å². The van der Waals surface area contributed by atoms with Crippen molar-refractivity contribution in [2.24, 2.45) is 0 Å². The minimum Gasteiger partial charge on any atom is -0.544 e. The molecule has 0 rings (SSSR count). The monoisotopic (exact) mass is 928 g/mol. The van der Waals surface area contributed by atoms with Gasteiger partial charge in [0.2, 0.25) is 0 Å². The number of allylic oxidation sites excluding steroid dienone is 22. The predicted octanol–water partition coefficient (Wildman–Crippen LogP) is 13.8. The number of nitrogens with zero attached hydrogens (tertiary/aromatic N) is 1. The van der Waals surface area contributed by atoms with E-state index in [2.05, 4.69) is 148 Å². The van der Waals surface area contributed by atoms with E-state index in [-0.39, 0.29) is 55.5 Å². The van der Waals surface area contributed by atoms with E-state index in [4.69, 9.17) is 14.2 Å². The molecule has 8 nitrogen and oxygen atoms in total. The molecule has 0 heterocycles. The van der Waals surface area contributed by atoms with E-state index >= 15 is 0 Å². The lowest BCUT2D eigenvalue weighted by Gasteiger charge is -2.34. The molecule has 2 unspecified atom stereocenters. The fourth-order valence-electron chi connectivity index (χ4n) is 6.64. The molecule has 376 valence electrons. The third kappa shape index (κ3) is 46.4. The Morgan fingerprint density at radius 2 is 0.806 bits per heavy atom. The summed E-state index contributed by atoms with van der Waals surface area (Å²) in [6.45, 7) is 4.34. The van der Waals surface area contributed by atoms with E-state index in [9.17, 15) is 19.5 Å². The Kier molecular flexibility index (Phi) is 44.7. The Balaban J connectivity index is 4.41. The predicted molar refractivity (Wildman–Crippen MR) is 281 cm³/mol. The third-order valence-electron chi connectivity index (χ3n) is 10.5. The van der Waals surface area contributed by atoms with Gasteiger partial charge in [0.25, 0.3) is 0 Å². The molecule has 0 aromatic carbocycles. The zero-order valence-electron chi connectivity index (χ0n) is 42.8. The van der Waals surface area contributed by atoms with Crippen LogP contribution in [0.15, 0.2) is 134 Å². The number of carbonyl (C=O) groups is 3. The first-order chi connectivity index (χ1) is 32.6. The zero-order chi connectivity index (χ0) is 49.2. The summed E-state index contributed by atoms with van der Waals surface area (Å²) < 4.78 is 17.2. The zero-order valence-corrected chi connectivity index (χ0v) is 42.8. The molecule has 0 spiro atoms. The first kappa shape index (κ1) is 62.5. The number of aliphatic carboxylic acids is 1. The molecule has 0 saturated heterocycles. The van der Waals surface area contributed by atoms with Crippen LogP contribution in [0.4, 0.5) is 0 Å². The third-order valence-corrected chi connectivity index (χ3v) is 10.5. The van der Waals surface area contributed by atoms with E-state index in [1.165, 1.54) is 19.3 Å². The number of carbonyl (C=O) groups excluding carboxylic acids is 3. The fourth-order valence-corrected chi connectivity index (χ4v) is 6.64. The van der Waals surface area contributed by atoms with Crippen LogP contribution < -0.4 is 5.11 Å². The molecule has 0 aromatic rings. The van der Waals surface area contributed by atoms with Gasteiger partial charge < -0.3 is 28.6 Å². The molecule has 0 fully saturated rings. The first-order valence-corrected chi connectivity index (χ1v) is 25.7. The van der Waals surface area contributed by atoms with Crippen molar-refractivity contribution in [1.82, 2.24) is 0 Å². The molecule has 0 aliphatic rings. The van der Waals surface area contributed by atoms with E-state index in [0.717, 1.165) is 109 Å². The van der Waals surface area contributed by atoms with Crippen molar-refractivity contribution in [3.8, 4) is 0 Å². The lowest BCUT2D eigenvalue weighted by molar-refractivity contribution is -0.889. The van der Waals surface area contributed by atoms with E-state index < -0.39 is 18.1 Å². The SMILES string of the molecule is CC/C=C/C/C=C/C/C=C/C/C=C/C/C=C/C/C=C/C/C=C/CCCC(=O)OCC(COCCC(C(=O)[O-])[N+](C)(C)C)OC(=O)CCCCCCCCC/C=C/C/C=C/C/C=C/C/C=C/CC. The second-order valence-corrected chi connectivity index (χ2v) is 17.6. The van der Waals surface area contributed by atoms with Crippen molar-refractivity contribution in [3.63, 3.8) is 0 Å². The Morgan fingerprint density at radius 1 is 0.448 bits per heavy atom. The van der Waals surface area contributed by atoms with Gasteiger partial charge in [0, 0.05) is 19.3 Å². The van der Waals surface area contributed by atoms with Gasteiger partial charge in [0.05, 0.1) is 40.3 Å². The number of carboxylic acid groups (broad SMARTS) is 1. The van der Waals surface area contributed by atoms with Gasteiger partial charge in [0.1, 0.15) is 12.6 Å². The van der Waals surface area contributed by atoms with Crippen LogP contribution in [0.25, 0.3) is 0 Å². The number of ether oxygens (including phenoxy) is 3. The van der Waals surface area contributed by atoms with Gasteiger partial charge in [-0.25, -0.2) is 0 Å². The van der Waals surface area contributed by atoms with Crippen LogP contribution in [0.1, 0.15) is 168 Å². The highest BCUT2D eigenvalue weighted by molar-refractivity contribution is 5.70. The van der Waals surface area contributed by atoms with Gasteiger partial charge >= 0.3 is 11.9 Å². The molecule has 2 atom stereocenters. The van der Waals surface area contributed by atoms with Crippen LogP contribution in [0, 0.1) is 0 Å². The van der Waals surface area contributed by atoms with Gasteiger partial charge in [-0.3, -0.25) is 9.59 Å². The highest BCUT2D eigenvalue weighted by Crippen LogP contribution is 2.13. The number of likely N-dealkylation sites (N-methyl/N-ethyl adjacent to an activating group) is 1. The highest BCUT2D eigenvalue weighted by atomic mass is 16.6. The van der Waals surface area contributed by atoms with Crippen molar-refractivity contribution >= 4 is 17.9 Å². The van der Waals surface area contributed by atoms with Crippen molar-refractivity contribution in [1.29, 1.82) is 0 Å². The quantitative estimate of drug-likeness (QED) is 0.0259. The van der Waals surface area contributed by atoms with Gasteiger partial charge in [0.15, 0.2) is 6.10 Å². The Bertz CT molecular complexity index is 1550. The van der Waals surface area contributed by atoms with Crippen LogP contribution in [0.2, 0.25) is 0 Å². The van der Waals surface area contributed by atoms with Crippen LogP contribution in [0.5, 0.6) is 0 Å². The number of hydrogen-bond donors (Lipinski definition) is 0. The summed E-state index contributed by atoms with van der Waals surface area (Å²) in [5.41, 5.74) is 0. The van der Waals surface area contributed by atoms with Crippen molar-refractivity contribution in [2.75, 3.05) is 41.0 Å². The van der Waals surface area contributed by atoms with E-state index in [1.807, 2.05) is 0 Å². The average molecular weight is 928 g/mol. The summed E-state index contributed by atoms with van der Waals surface area (Å²) in [6, 6.07) is -0.746. The lowest BCUT2D eigenvalue weighted by atomic mass is 10.1. The number of hydrogen-bond acceptors (Lipinski definition) is 7. The molecule has 67 heavy (non-hydrogen) atoms. The molecule has 0 radical (unpaired) electrons. The second kappa shape index (κ2) is 47.9. The number of rotatable bonds is 44. The molecule has 0 aliphatic heterocycles. The van der Waals surface area contributed by atoms with E-state index in [1.54, 1.807) is 21.1 Å². The number of esters is 2. The molecule has 0 aliphatic carbocycles. The topological polar surface area (TPSA) is 102 Å². The van der Waals surface area contributed by atoms with Gasteiger partial charge in [-0.05, 0) is 103 Å².